The number of hydrogen-bond acceptors (Lipinski definition) is 1. The van der Waals surface area contributed by atoms with E-state index in [0.717, 1.165) is 32.6 Å². The Morgan fingerprint density at radius 1 is 0.714 bits per heavy atom. The Morgan fingerprint density at radius 3 is 0.762 bits per heavy atom. The maximum atomic E-state index is 9.00. The van der Waals surface area contributed by atoms with E-state index in [1.807, 2.05) is 0 Å². The van der Waals surface area contributed by atoms with E-state index < -0.39 is 5.97 Å². The molecule has 0 saturated carbocycles. The molecular weight excluding hydrogens is 304 g/mol. The summed E-state index contributed by atoms with van der Waals surface area (Å²) >= 11 is 0. The summed E-state index contributed by atoms with van der Waals surface area (Å²) in [6.45, 7) is 24.0. The zero-order chi connectivity index (χ0) is 17.2. The van der Waals surface area contributed by atoms with Gasteiger partial charge in [-0.05, 0) is 0 Å². The number of carboxylic acids is 1. The molecule has 1 N–H and O–H groups in total. The van der Waals surface area contributed by atoms with Crippen molar-refractivity contribution < 1.29 is 27.0 Å². The summed E-state index contributed by atoms with van der Waals surface area (Å²) in [5.41, 5.74) is 0. The van der Waals surface area contributed by atoms with E-state index in [1.165, 1.54) is 25.7 Å². The molecule has 0 atom stereocenters. The second kappa shape index (κ2) is 59.7. The fourth-order valence-corrected chi connectivity index (χ4v) is 0. The van der Waals surface area contributed by atoms with E-state index in [1.54, 1.807) is 0 Å². The van der Waals surface area contributed by atoms with Crippen LogP contribution in [0.3, 0.4) is 0 Å². The molecular formula is C18H40FeO2. The van der Waals surface area contributed by atoms with Gasteiger partial charge in [-0.25, -0.2) is 0 Å². The van der Waals surface area contributed by atoms with E-state index in [0.29, 0.717) is 0 Å². The summed E-state index contributed by atoms with van der Waals surface area (Å²) in [6, 6.07) is 0. The first-order chi connectivity index (χ1) is 9.39. The molecule has 21 heavy (non-hydrogen) atoms. The van der Waals surface area contributed by atoms with Crippen molar-refractivity contribution in [3.8, 4) is 0 Å². The van der Waals surface area contributed by atoms with Crippen LogP contribution in [0.1, 0.15) is 86.0 Å². The van der Waals surface area contributed by atoms with E-state index in [4.69, 9.17) is 9.90 Å². The molecule has 0 aromatic carbocycles. The predicted octanol–water partition coefficient (Wildman–Crippen LogP) is 6.57. The fraction of sp³-hybridized carbons (Fsp3) is 0.722. The molecule has 0 amide bonds. The SMILES string of the molecule is CC(=O)O.[CH2-]CCC.[CH2-]CCC.[CH2-]CCC.[CH2-]CCC.[Fe+4]. The quantitative estimate of drug-likeness (QED) is 0.462. The first kappa shape index (κ1) is 37.3. The number of rotatable bonds is 4. The number of unbranched alkanes of at least 4 members (excludes halogenated alkanes) is 4. The van der Waals surface area contributed by atoms with Gasteiger partial charge in [-0.2, -0.15) is 25.7 Å². The van der Waals surface area contributed by atoms with E-state index >= 15 is 0 Å². The number of carbonyl (C=O) groups is 1. The molecule has 0 aromatic rings. The Balaban J connectivity index is -0.0000000331. The maximum Gasteiger partial charge on any atom is 4.00 e. The number of aliphatic carboxylic acids is 1. The standard InChI is InChI=1S/4C4H9.C2H4O2.Fe/c4*1-3-4-2;1-2(3)4;/h4*1,3-4H2,2H3;1H3,(H,3,4);/q4*-1;;+4. The average molecular weight is 344 g/mol. The minimum atomic E-state index is -0.833. The van der Waals surface area contributed by atoms with Gasteiger partial charge >= 0.3 is 17.1 Å². The first-order valence-electron chi connectivity index (χ1n) is 7.76. The Kier molecular flexibility index (Phi) is 106. The number of carboxylic acid groups (broad SMARTS) is 1. The fourth-order valence-electron chi connectivity index (χ4n) is 0. The third-order valence-electron chi connectivity index (χ3n) is 1.41. The second-order valence-electron chi connectivity index (χ2n) is 3.93. The van der Waals surface area contributed by atoms with Crippen LogP contribution in [0.25, 0.3) is 0 Å². The molecule has 0 aromatic heterocycles. The zero-order valence-electron chi connectivity index (χ0n) is 15.2. The molecule has 2 nitrogen and oxygen atoms in total. The molecule has 0 aliphatic carbocycles. The van der Waals surface area contributed by atoms with Crippen molar-refractivity contribution in [2.24, 2.45) is 0 Å². The van der Waals surface area contributed by atoms with Crippen LogP contribution in [0.4, 0.5) is 0 Å². The van der Waals surface area contributed by atoms with Crippen LogP contribution in [-0.2, 0) is 21.9 Å². The Labute approximate surface area is 147 Å². The summed E-state index contributed by atoms with van der Waals surface area (Å²) in [5.74, 6) is -0.833. The Bertz CT molecular complexity index is 89.8. The van der Waals surface area contributed by atoms with Gasteiger partial charge in [0.25, 0.3) is 5.97 Å². The monoisotopic (exact) mass is 344 g/mol. The Morgan fingerprint density at radius 2 is 0.762 bits per heavy atom. The minimum absolute atomic E-state index is 0. The van der Waals surface area contributed by atoms with E-state index in [2.05, 4.69) is 55.4 Å². The van der Waals surface area contributed by atoms with Gasteiger partial charge in [0.15, 0.2) is 0 Å². The third-order valence-corrected chi connectivity index (χ3v) is 1.41. The molecule has 3 heteroatoms. The zero-order valence-corrected chi connectivity index (χ0v) is 16.3. The van der Waals surface area contributed by atoms with Crippen molar-refractivity contribution in [1.29, 1.82) is 0 Å². The molecule has 0 heterocycles. The minimum Gasteiger partial charge on any atom is -0.481 e. The maximum absolute atomic E-state index is 9.00. The molecule has 0 radical (unpaired) electrons. The van der Waals surface area contributed by atoms with Crippen molar-refractivity contribution in [2.75, 3.05) is 0 Å². The summed E-state index contributed by atoms with van der Waals surface area (Å²) in [5, 5.41) is 7.42. The van der Waals surface area contributed by atoms with Crippen molar-refractivity contribution in [1.82, 2.24) is 0 Å². The van der Waals surface area contributed by atoms with Gasteiger partial charge in [-0.1, -0.05) is 53.4 Å². The topological polar surface area (TPSA) is 37.3 Å². The third kappa shape index (κ3) is 406. The number of hydrogen-bond donors (Lipinski definition) is 1. The second-order valence-corrected chi connectivity index (χ2v) is 3.93. The van der Waals surface area contributed by atoms with E-state index in [9.17, 15) is 0 Å². The molecule has 0 fully saturated rings. The molecule has 0 aliphatic heterocycles. The van der Waals surface area contributed by atoms with Crippen LogP contribution in [0.2, 0.25) is 0 Å². The van der Waals surface area contributed by atoms with Crippen molar-refractivity contribution in [2.45, 2.75) is 86.0 Å². The van der Waals surface area contributed by atoms with Gasteiger partial charge in [-0.3, -0.25) is 4.79 Å². The summed E-state index contributed by atoms with van der Waals surface area (Å²) in [4.78, 5) is 9.00. The van der Waals surface area contributed by atoms with Gasteiger partial charge in [0.2, 0.25) is 0 Å². The summed E-state index contributed by atoms with van der Waals surface area (Å²) in [7, 11) is 0. The van der Waals surface area contributed by atoms with Crippen LogP contribution >= 0.6 is 0 Å². The molecule has 132 valence electrons. The van der Waals surface area contributed by atoms with Gasteiger partial charge in [0.05, 0.1) is 0 Å². The smallest absolute Gasteiger partial charge is 0.481 e. The van der Waals surface area contributed by atoms with Gasteiger partial charge < -0.3 is 32.8 Å². The van der Waals surface area contributed by atoms with Crippen LogP contribution in [-0.4, -0.2) is 11.1 Å². The average Bonchev–Trinajstić information content (AvgIpc) is 2.47. The van der Waals surface area contributed by atoms with Crippen LogP contribution in [0, 0.1) is 27.7 Å². The molecule has 0 saturated heterocycles. The molecule has 0 spiro atoms. The molecule has 0 aliphatic rings. The van der Waals surface area contributed by atoms with Gasteiger partial charge in [0, 0.05) is 6.92 Å². The summed E-state index contributed by atoms with van der Waals surface area (Å²) in [6.07, 6.45) is 9.11. The van der Waals surface area contributed by atoms with E-state index in [-0.39, 0.29) is 17.1 Å². The van der Waals surface area contributed by atoms with Crippen LogP contribution in [0.15, 0.2) is 0 Å². The first-order valence-corrected chi connectivity index (χ1v) is 7.76. The molecule has 0 bridgehead atoms. The van der Waals surface area contributed by atoms with Crippen molar-refractivity contribution in [3.63, 3.8) is 0 Å². The largest absolute Gasteiger partial charge is 4.00 e. The van der Waals surface area contributed by atoms with Gasteiger partial charge in [0.1, 0.15) is 0 Å². The van der Waals surface area contributed by atoms with Crippen molar-refractivity contribution >= 4 is 5.97 Å². The summed E-state index contributed by atoms with van der Waals surface area (Å²) < 4.78 is 0. The van der Waals surface area contributed by atoms with Crippen LogP contribution in [0.5, 0.6) is 0 Å². The molecule has 0 rings (SSSR count). The van der Waals surface area contributed by atoms with Crippen LogP contribution < -0.4 is 0 Å². The van der Waals surface area contributed by atoms with Gasteiger partial charge in [-0.15, -0.1) is 0 Å². The normalized spacial score (nSPS) is 6.90. The Hall–Kier alpha value is -0.0105. The molecule has 0 unspecified atom stereocenters. The van der Waals surface area contributed by atoms with Crippen molar-refractivity contribution in [3.05, 3.63) is 27.7 Å². The predicted molar refractivity (Wildman–Crippen MR) is 94.4 cm³/mol.